The molecule has 1 aromatic heterocycles. The van der Waals surface area contributed by atoms with E-state index in [4.69, 9.17) is 0 Å². The van der Waals surface area contributed by atoms with Crippen molar-refractivity contribution < 1.29 is 9.90 Å². The second-order valence-corrected chi connectivity index (χ2v) is 7.83. The summed E-state index contributed by atoms with van der Waals surface area (Å²) in [6.07, 6.45) is 7.24. The number of aliphatic hydroxyl groups is 1. The summed E-state index contributed by atoms with van der Waals surface area (Å²) in [6.45, 7) is 4.12. The number of aliphatic hydroxyl groups excluding tert-OH is 1. The number of hydrogen-bond acceptors (Lipinski definition) is 5. The highest BCUT2D eigenvalue weighted by Gasteiger charge is 2.42. The Bertz CT molecular complexity index is 624. The first kappa shape index (κ1) is 16.8. The maximum atomic E-state index is 12.3. The van der Waals surface area contributed by atoms with Crippen LogP contribution in [0, 0.1) is 11.3 Å². The van der Waals surface area contributed by atoms with Crippen LogP contribution >= 0.6 is 0 Å². The molecule has 3 aliphatic rings. The summed E-state index contributed by atoms with van der Waals surface area (Å²) in [6, 6.07) is 4.08. The van der Waals surface area contributed by atoms with Crippen molar-refractivity contribution in [2.24, 2.45) is 11.3 Å². The number of nitrogens with zero attached hydrogens (tertiary/aromatic N) is 2. The molecule has 1 aromatic rings. The van der Waals surface area contributed by atoms with Gasteiger partial charge in [-0.2, -0.15) is 0 Å². The van der Waals surface area contributed by atoms with E-state index < -0.39 is 0 Å². The van der Waals surface area contributed by atoms with Gasteiger partial charge in [-0.15, -0.1) is 0 Å². The Balaban J connectivity index is 1.42. The zero-order valence-corrected chi connectivity index (χ0v) is 14.7. The zero-order valence-electron chi connectivity index (χ0n) is 14.7. The zero-order chi connectivity index (χ0) is 17.3. The summed E-state index contributed by atoms with van der Waals surface area (Å²) in [5.74, 6) is 1.26. The second-order valence-electron chi connectivity index (χ2n) is 7.83. The minimum absolute atomic E-state index is 0.0123. The fraction of sp³-hybridized carbons (Fsp3) is 0.684. The number of hydrogen-bond donors (Lipinski definition) is 3. The van der Waals surface area contributed by atoms with Gasteiger partial charge in [0.25, 0.3) is 5.91 Å². The van der Waals surface area contributed by atoms with Gasteiger partial charge in [-0.05, 0) is 56.2 Å². The molecule has 1 aliphatic carbocycles. The van der Waals surface area contributed by atoms with Crippen LogP contribution in [-0.2, 0) is 0 Å². The SMILES string of the molecule is O=C(NC1CC1)c1ccnc(N2CCC3(CCNCC3CO)CC2)c1. The largest absolute Gasteiger partial charge is 0.396 e. The molecule has 2 saturated heterocycles. The lowest BCUT2D eigenvalue weighted by Gasteiger charge is -2.49. The van der Waals surface area contributed by atoms with Crippen molar-refractivity contribution in [2.75, 3.05) is 37.7 Å². The van der Waals surface area contributed by atoms with Crippen LogP contribution < -0.4 is 15.5 Å². The monoisotopic (exact) mass is 344 g/mol. The maximum Gasteiger partial charge on any atom is 0.251 e. The smallest absolute Gasteiger partial charge is 0.251 e. The number of nitrogens with one attached hydrogen (secondary N) is 2. The summed E-state index contributed by atoms with van der Waals surface area (Å²) in [5.41, 5.74) is 0.963. The molecule has 6 heteroatoms. The molecule has 3 N–H and O–H groups in total. The maximum absolute atomic E-state index is 12.3. The summed E-state index contributed by atoms with van der Waals surface area (Å²) >= 11 is 0. The van der Waals surface area contributed by atoms with Gasteiger partial charge in [-0.1, -0.05) is 0 Å². The molecule has 0 aromatic carbocycles. The van der Waals surface area contributed by atoms with Crippen LogP contribution in [0.25, 0.3) is 0 Å². The lowest BCUT2D eigenvalue weighted by atomic mass is 9.65. The van der Waals surface area contributed by atoms with Crippen molar-refractivity contribution >= 4 is 11.7 Å². The first-order valence-electron chi connectivity index (χ1n) is 9.54. The Kier molecular flexibility index (Phi) is 4.65. The molecule has 6 nitrogen and oxygen atoms in total. The number of carbonyl (C=O) groups is 1. The first-order chi connectivity index (χ1) is 12.2. The third kappa shape index (κ3) is 3.51. The Morgan fingerprint density at radius 3 is 2.88 bits per heavy atom. The third-order valence-electron chi connectivity index (χ3n) is 6.28. The minimum atomic E-state index is 0.0123. The molecular weight excluding hydrogens is 316 g/mol. The predicted molar refractivity (Wildman–Crippen MR) is 96.7 cm³/mol. The molecule has 1 saturated carbocycles. The van der Waals surface area contributed by atoms with Crippen LogP contribution in [0.3, 0.4) is 0 Å². The molecule has 3 heterocycles. The number of rotatable bonds is 4. The molecular formula is C19H28N4O2. The summed E-state index contributed by atoms with van der Waals surface area (Å²) in [7, 11) is 0. The van der Waals surface area contributed by atoms with Crippen LogP contribution in [0.5, 0.6) is 0 Å². The van der Waals surface area contributed by atoms with Crippen LogP contribution in [0.15, 0.2) is 18.3 Å². The number of pyridine rings is 1. The number of amides is 1. The van der Waals surface area contributed by atoms with Gasteiger partial charge in [0.2, 0.25) is 0 Å². The number of piperidine rings is 2. The van der Waals surface area contributed by atoms with Crippen LogP contribution in [-0.4, -0.2) is 54.8 Å². The van der Waals surface area contributed by atoms with E-state index in [0.29, 0.717) is 17.5 Å². The Morgan fingerprint density at radius 2 is 2.16 bits per heavy atom. The fourth-order valence-corrected chi connectivity index (χ4v) is 4.36. The molecule has 1 atom stereocenters. The van der Waals surface area contributed by atoms with Gasteiger partial charge in [-0.25, -0.2) is 4.98 Å². The molecule has 4 rings (SSSR count). The summed E-state index contributed by atoms with van der Waals surface area (Å²) in [5, 5.41) is 16.2. The van der Waals surface area contributed by atoms with E-state index in [1.165, 1.54) is 0 Å². The quantitative estimate of drug-likeness (QED) is 0.764. The van der Waals surface area contributed by atoms with Gasteiger partial charge in [0.05, 0.1) is 0 Å². The highest BCUT2D eigenvalue weighted by Crippen LogP contribution is 2.43. The van der Waals surface area contributed by atoms with Gasteiger partial charge in [0, 0.05) is 50.0 Å². The highest BCUT2D eigenvalue weighted by atomic mass is 16.3. The Labute approximate surface area is 149 Å². The second kappa shape index (κ2) is 6.92. The van der Waals surface area contributed by atoms with Crippen LogP contribution in [0.4, 0.5) is 5.82 Å². The van der Waals surface area contributed by atoms with E-state index >= 15 is 0 Å². The van der Waals surface area contributed by atoms with Crippen LogP contribution in [0.2, 0.25) is 0 Å². The topological polar surface area (TPSA) is 77.5 Å². The van der Waals surface area contributed by atoms with Gasteiger partial charge in [0.1, 0.15) is 5.82 Å². The first-order valence-corrected chi connectivity index (χ1v) is 9.54. The molecule has 25 heavy (non-hydrogen) atoms. The molecule has 2 aliphatic heterocycles. The van der Waals surface area contributed by atoms with Crippen LogP contribution in [0.1, 0.15) is 42.5 Å². The van der Waals surface area contributed by atoms with E-state index in [2.05, 4.69) is 20.5 Å². The molecule has 0 bridgehead atoms. The van der Waals surface area contributed by atoms with E-state index in [-0.39, 0.29) is 17.9 Å². The number of aromatic nitrogens is 1. The normalized spacial score (nSPS) is 25.8. The van der Waals surface area contributed by atoms with Crippen molar-refractivity contribution in [1.29, 1.82) is 0 Å². The van der Waals surface area contributed by atoms with E-state index in [9.17, 15) is 9.90 Å². The number of anilines is 1. The van der Waals surface area contributed by atoms with Gasteiger partial charge < -0.3 is 20.6 Å². The van der Waals surface area contributed by atoms with Crippen molar-refractivity contribution in [3.05, 3.63) is 23.9 Å². The number of carbonyl (C=O) groups excluding carboxylic acids is 1. The average molecular weight is 344 g/mol. The molecule has 3 fully saturated rings. The molecule has 1 spiro atoms. The third-order valence-corrected chi connectivity index (χ3v) is 6.28. The van der Waals surface area contributed by atoms with Gasteiger partial charge in [0.15, 0.2) is 0 Å². The van der Waals surface area contributed by atoms with Crippen molar-refractivity contribution in [1.82, 2.24) is 15.6 Å². The average Bonchev–Trinajstić information content (AvgIpc) is 3.47. The minimum Gasteiger partial charge on any atom is -0.396 e. The lowest BCUT2D eigenvalue weighted by Crippen LogP contribution is -2.52. The molecule has 136 valence electrons. The van der Waals surface area contributed by atoms with E-state index in [1.54, 1.807) is 12.3 Å². The van der Waals surface area contributed by atoms with Crippen molar-refractivity contribution in [3.8, 4) is 0 Å². The van der Waals surface area contributed by atoms with Crippen molar-refractivity contribution in [2.45, 2.75) is 38.1 Å². The van der Waals surface area contributed by atoms with Gasteiger partial charge in [-0.3, -0.25) is 4.79 Å². The summed E-state index contributed by atoms with van der Waals surface area (Å²) in [4.78, 5) is 19.0. The molecule has 1 amide bonds. The summed E-state index contributed by atoms with van der Waals surface area (Å²) < 4.78 is 0. The van der Waals surface area contributed by atoms with E-state index in [1.807, 2.05) is 6.07 Å². The Morgan fingerprint density at radius 1 is 1.36 bits per heavy atom. The van der Waals surface area contributed by atoms with Crippen molar-refractivity contribution in [3.63, 3.8) is 0 Å². The molecule has 0 radical (unpaired) electrons. The Hall–Kier alpha value is -1.66. The molecule has 1 unspecified atom stereocenters. The standard InChI is InChI=1S/C19H28N4O2/c24-13-15-12-20-8-4-19(15)5-9-23(10-6-19)17-11-14(3-7-21-17)18(25)22-16-1-2-16/h3,7,11,15-16,20,24H,1-2,4-6,8-10,12-13H2,(H,22,25). The fourth-order valence-electron chi connectivity index (χ4n) is 4.36. The van der Waals surface area contributed by atoms with E-state index in [0.717, 1.165) is 64.1 Å². The highest BCUT2D eigenvalue weighted by molar-refractivity contribution is 5.95. The van der Waals surface area contributed by atoms with Gasteiger partial charge >= 0.3 is 0 Å². The predicted octanol–water partition coefficient (Wildman–Crippen LogP) is 1.16. The lowest BCUT2D eigenvalue weighted by molar-refractivity contribution is 0.0326.